The van der Waals surface area contributed by atoms with Gasteiger partial charge in [0.2, 0.25) is 0 Å². The normalized spacial score (nSPS) is 10.4. The molecule has 1 aromatic heterocycles. The van der Waals surface area contributed by atoms with Gasteiger partial charge in [0.15, 0.2) is 0 Å². The number of halogens is 1. The maximum Gasteiger partial charge on any atom is 0.292 e. The van der Waals surface area contributed by atoms with E-state index in [0.717, 1.165) is 15.1 Å². The number of benzene rings is 1. The van der Waals surface area contributed by atoms with Gasteiger partial charge in [-0.25, -0.2) is 4.98 Å². The van der Waals surface area contributed by atoms with Gasteiger partial charge in [-0.15, -0.1) is 11.8 Å². The molecule has 98 valence electrons. The van der Waals surface area contributed by atoms with Crippen LogP contribution in [-0.2, 0) is 5.75 Å². The van der Waals surface area contributed by atoms with Crippen molar-refractivity contribution in [3.8, 4) is 0 Å². The lowest BCUT2D eigenvalue weighted by molar-refractivity contribution is -0.383. The first-order valence-corrected chi connectivity index (χ1v) is 7.12. The van der Waals surface area contributed by atoms with E-state index in [1.165, 1.54) is 17.8 Å². The molecule has 0 atom stereocenters. The van der Waals surface area contributed by atoms with E-state index in [-0.39, 0.29) is 11.4 Å². The lowest BCUT2D eigenvalue weighted by Gasteiger charge is -2.04. The first kappa shape index (κ1) is 13.8. The Hall–Kier alpha value is -1.60. The van der Waals surface area contributed by atoms with Crippen molar-refractivity contribution in [2.45, 2.75) is 10.8 Å². The molecule has 0 aliphatic carbocycles. The maximum absolute atomic E-state index is 10.8. The number of pyridine rings is 1. The second kappa shape index (κ2) is 6.03. The second-order valence-corrected chi connectivity index (χ2v) is 5.55. The van der Waals surface area contributed by atoms with Crippen molar-refractivity contribution < 1.29 is 4.92 Å². The predicted octanol–water partition coefficient (Wildman–Crippen LogP) is 3.63. The van der Waals surface area contributed by atoms with Crippen LogP contribution in [0.5, 0.6) is 0 Å². The van der Waals surface area contributed by atoms with E-state index in [1.807, 2.05) is 12.1 Å². The van der Waals surface area contributed by atoms with Crippen LogP contribution < -0.4 is 5.73 Å². The predicted molar refractivity (Wildman–Crippen MR) is 79.0 cm³/mol. The number of hydrogen-bond acceptors (Lipinski definition) is 5. The van der Waals surface area contributed by atoms with Gasteiger partial charge in [0.1, 0.15) is 10.7 Å². The number of nitro groups is 1. The molecule has 19 heavy (non-hydrogen) atoms. The Morgan fingerprint density at radius 2 is 2.21 bits per heavy atom. The van der Waals surface area contributed by atoms with Crippen molar-refractivity contribution in [1.82, 2.24) is 4.98 Å². The zero-order valence-electron chi connectivity index (χ0n) is 9.75. The molecule has 0 amide bonds. The second-order valence-electron chi connectivity index (χ2n) is 3.73. The smallest absolute Gasteiger partial charge is 0.292 e. The fourth-order valence-corrected chi connectivity index (χ4v) is 2.89. The van der Waals surface area contributed by atoms with Gasteiger partial charge in [0, 0.05) is 22.5 Å². The van der Waals surface area contributed by atoms with Crippen LogP contribution in [-0.4, -0.2) is 9.91 Å². The molecule has 0 saturated carbocycles. The molecule has 0 aliphatic rings. The number of nitrogen functional groups attached to an aromatic ring is 1. The Bertz CT molecular complexity index is 622. The van der Waals surface area contributed by atoms with Crippen molar-refractivity contribution in [1.29, 1.82) is 0 Å². The van der Waals surface area contributed by atoms with Crippen LogP contribution in [0.1, 0.15) is 5.56 Å². The lowest BCUT2D eigenvalue weighted by Crippen LogP contribution is -1.96. The van der Waals surface area contributed by atoms with Crippen LogP contribution in [0.3, 0.4) is 0 Å². The third kappa shape index (κ3) is 3.45. The van der Waals surface area contributed by atoms with Gasteiger partial charge in [0.25, 0.3) is 5.69 Å². The van der Waals surface area contributed by atoms with Crippen molar-refractivity contribution in [2.24, 2.45) is 0 Å². The largest absolute Gasteiger partial charge is 0.393 e. The fourth-order valence-electron chi connectivity index (χ4n) is 1.47. The fraction of sp³-hybridized carbons (Fsp3) is 0.0833. The van der Waals surface area contributed by atoms with Crippen molar-refractivity contribution in [3.05, 3.63) is 56.7 Å². The summed E-state index contributed by atoms with van der Waals surface area (Å²) in [5.74, 6) is 0.594. The molecule has 1 aromatic carbocycles. The zero-order valence-corrected chi connectivity index (χ0v) is 12.1. The van der Waals surface area contributed by atoms with Crippen LogP contribution >= 0.6 is 27.7 Å². The van der Waals surface area contributed by atoms with E-state index in [9.17, 15) is 10.1 Å². The summed E-state index contributed by atoms with van der Waals surface area (Å²) in [4.78, 5) is 14.6. The molecule has 2 rings (SSSR count). The Morgan fingerprint density at radius 3 is 2.89 bits per heavy atom. The Balaban J connectivity index is 2.14. The summed E-state index contributed by atoms with van der Waals surface area (Å²) in [6.07, 6.45) is 1.71. The van der Waals surface area contributed by atoms with E-state index >= 15 is 0 Å². The van der Waals surface area contributed by atoms with Gasteiger partial charge in [-0.2, -0.15) is 0 Å². The summed E-state index contributed by atoms with van der Waals surface area (Å²) in [5.41, 5.74) is 6.51. The minimum absolute atomic E-state index is 0.0572. The number of rotatable bonds is 4. The van der Waals surface area contributed by atoms with E-state index in [1.54, 1.807) is 18.3 Å². The summed E-state index contributed by atoms with van der Waals surface area (Å²) >= 11 is 4.91. The van der Waals surface area contributed by atoms with Crippen molar-refractivity contribution in [2.75, 3.05) is 5.73 Å². The summed E-state index contributed by atoms with van der Waals surface area (Å²) in [7, 11) is 0. The average molecular weight is 340 g/mol. The molecular weight excluding hydrogens is 330 g/mol. The highest BCUT2D eigenvalue weighted by molar-refractivity contribution is 9.10. The highest BCUT2D eigenvalue weighted by Crippen LogP contribution is 2.30. The summed E-state index contributed by atoms with van der Waals surface area (Å²) in [5, 5.41) is 11.7. The van der Waals surface area contributed by atoms with Crippen LogP contribution in [0.15, 0.2) is 46.0 Å². The van der Waals surface area contributed by atoms with Crippen LogP contribution in [0, 0.1) is 10.1 Å². The zero-order chi connectivity index (χ0) is 13.8. The molecule has 0 unspecified atom stereocenters. The topological polar surface area (TPSA) is 82.0 Å². The summed E-state index contributed by atoms with van der Waals surface area (Å²) < 4.78 is 0.907. The van der Waals surface area contributed by atoms with Crippen LogP contribution in [0.2, 0.25) is 0 Å². The molecule has 5 nitrogen and oxygen atoms in total. The van der Waals surface area contributed by atoms with Gasteiger partial charge in [0.05, 0.1) is 4.92 Å². The molecule has 0 bridgehead atoms. The quantitative estimate of drug-likeness (QED) is 0.398. The number of nitro benzene ring substituents is 1. The maximum atomic E-state index is 10.8. The highest BCUT2D eigenvalue weighted by atomic mass is 79.9. The number of thioether (sulfide) groups is 1. The van der Waals surface area contributed by atoms with Crippen LogP contribution in [0.25, 0.3) is 0 Å². The molecule has 1 heterocycles. The third-order valence-corrected chi connectivity index (χ3v) is 4.37. The number of hydrogen-bond donors (Lipinski definition) is 1. The van der Waals surface area contributed by atoms with Crippen molar-refractivity contribution >= 4 is 39.1 Å². The Kier molecular flexibility index (Phi) is 4.39. The molecule has 2 N–H and O–H groups in total. The summed E-state index contributed by atoms with van der Waals surface area (Å²) in [6.45, 7) is 0. The minimum Gasteiger partial charge on any atom is -0.393 e. The van der Waals surface area contributed by atoms with E-state index in [2.05, 4.69) is 20.9 Å². The Morgan fingerprint density at radius 1 is 1.42 bits per heavy atom. The van der Waals surface area contributed by atoms with Crippen molar-refractivity contribution in [3.63, 3.8) is 0 Å². The molecule has 0 spiro atoms. The first-order chi connectivity index (χ1) is 9.08. The minimum atomic E-state index is -0.472. The van der Waals surface area contributed by atoms with Gasteiger partial charge in [-0.3, -0.25) is 10.1 Å². The van der Waals surface area contributed by atoms with E-state index < -0.39 is 4.92 Å². The third-order valence-electron chi connectivity index (χ3n) is 2.39. The summed E-state index contributed by atoms with van der Waals surface area (Å²) in [6, 6.07) is 8.58. The van der Waals surface area contributed by atoms with Gasteiger partial charge in [-0.05, 0) is 39.7 Å². The molecule has 2 aromatic rings. The monoisotopic (exact) mass is 339 g/mol. The molecule has 0 saturated heterocycles. The molecule has 7 heteroatoms. The van der Waals surface area contributed by atoms with E-state index in [0.29, 0.717) is 5.75 Å². The molecule has 0 radical (unpaired) electrons. The highest BCUT2D eigenvalue weighted by Gasteiger charge is 2.12. The first-order valence-electron chi connectivity index (χ1n) is 5.34. The molecular formula is C12H10BrN3O2S. The van der Waals surface area contributed by atoms with Gasteiger partial charge < -0.3 is 5.73 Å². The number of anilines is 1. The SMILES string of the molecule is Nc1ccc(CSc2ncccc2Br)cc1[N+](=O)[O-]. The van der Waals surface area contributed by atoms with Gasteiger partial charge in [-0.1, -0.05) is 6.07 Å². The average Bonchev–Trinajstić information content (AvgIpc) is 2.39. The number of nitrogens with zero attached hydrogens (tertiary/aromatic N) is 2. The molecule has 0 fully saturated rings. The Labute approximate surface area is 122 Å². The lowest BCUT2D eigenvalue weighted by atomic mass is 10.2. The standard InChI is InChI=1S/C12H10BrN3O2S/c13-9-2-1-5-15-12(9)19-7-8-3-4-10(14)11(6-8)16(17)18/h1-6H,7,14H2. The van der Waals surface area contributed by atoms with Crippen LogP contribution in [0.4, 0.5) is 11.4 Å². The molecule has 0 aliphatic heterocycles. The van der Waals surface area contributed by atoms with Gasteiger partial charge >= 0.3 is 0 Å². The number of aromatic nitrogens is 1. The number of nitrogens with two attached hydrogens (primary N) is 1. The van der Waals surface area contributed by atoms with E-state index in [4.69, 9.17) is 5.73 Å².